The lowest BCUT2D eigenvalue weighted by molar-refractivity contribution is -0.117. The lowest BCUT2D eigenvalue weighted by Gasteiger charge is -2.31. The van der Waals surface area contributed by atoms with Crippen molar-refractivity contribution in [1.29, 1.82) is 5.26 Å². The number of likely N-dealkylation sites (tertiary alicyclic amines) is 1. The third-order valence-corrected chi connectivity index (χ3v) is 5.52. The number of ether oxygens (including phenoxy) is 1. The molecule has 0 atom stereocenters. The van der Waals surface area contributed by atoms with Crippen molar-refractivity contribution in [3.63, 3.8) is 0 Å². The van der Waals surface area contributed by atoms with Gasteiger partial charge in [0.05, 0.1) is 30.5 Å². The molecule has 2 heterocycles. The second-order valence-electron chi connectivity index (χ2n) is 6.89. The first-order chi connectivity index (χ1) is 13.1. The Morgan fingerprint density at radius 2 is 2.11 bits per heavy atom. The summed E-state index contributed by atoms with van der Waals surface area (Å²) in [6.07, 6.45) is 2.08. The van der Waals surface area contributed by atoms with E-state index < -0.39 is 0 Å². The van der Waals surface area contributed by atoms with Crippen molar-refractivity contribution in [1.82, 2.24) is 9.88 Å². The molecule has 1 amide bonds. The molecule has 0 bridgehead atoms. The monoisotopic (exact) mass is 384 g/mol. The van der Waals surface area contributed by atoms with Crippen LogP contribution in [0.1, 0.15) is 29.7 Å². The van der Waals surface area contributed by atoms with Crippen LogP contribution < -0.4 is 5.32 Å². The van der Waals surface area contributed by atoms with Gasteiger partial charge in [-0.15, -0.1) is 11.3 Å². The van der Waals surface area contributed by atoms with Crippen LogP contribution in [0.25, 0.3) is 0 Å². The molecule has 0 radical (unpaired) electrons. The van der Waals surface area contributed by atoms with Crippen LogP contribution in [0.2, 0.25) is 0 Å². The van der Waals surface area contributed by atoms with Crippen molar-refractivity contribution < 1.29 is 9.53 Å². The minimum Gasteiger partial charge on any atom is -0.376 e. The minimum absolute atomic E-state index is 0.000124. The van der Waals surface area contributed by atoms with Crippen molar-refractivity contribution in [2.45, 2.75) is 26.4 Å². The topological polar surface area (TPSA) is 78.3 Å². The van der Waals surface area contributed by atoms with Gasteiger partial charge in [0.15, 0.2) is 5.13 Å². The number of nitriles is 1. The number of hydrogen-bond acceptors (Lipinski definition) is 6. The van der Waals surface area contributed by atoms with Crippen LogP contribution in [0.15, 0.2) is 29.6 Å². The van der Waals surface area contributed by atoms with E-state index in [1.54, 1.807) is 0 Å². The quantitative estimate of drug-likeness (QED) is 0.793. The van der Waals surface area contributed by atoms with E-state index in [0.29, 0.717) is 29.8 Å². The Bertz CT molecular complexity index is 789. The Morgan fingerprint density at radius 1 is 1.37 bits per heavy atom. The molecule has 27 heavy (non-hydrogen) atoms. The van der Waals surface area contributed by atoms with Gasteiger partial charge in [-0.25, -0.2) is 4.98 Å². The third kappa shape index (κ3) is 6.14. The van der Waals surface area contributed by atoms with Gasteiger partial charge in [0.25, 0.3) is 0 Å². The first-order valence-corrected chi connectivity index (χ1v) is 10.0. The molecule has 0 aliphatic carbocycles. The summed E-state index contributed by atoms with van der Waals surface area (Å²) in [5.74, 6) is 0.532. The number of nitrogens with one attached hydrogen (secondary N) is 1. The first-order valence-electron chi connectivity index (χ1n) is 9.13. The summed E-state index contributed by atoms with van der Waals surface area (Å²) in [7, 11) is 0. The Kier molecular flexibility index (Phi) is 6.93. The molecule has 1 fully saturated rings. The van der Waals surface area contributed by atoms with E-state index in [0.717, 1.165) is 43.8 Å². The van der Waals surface area contributed by atoms with E-state index in [1.165, 1.54) is 11.3 Å². The molecule has 2 aromatic rings. The lowest BCUT2D eigenvalue weighted by atomic mass is 9.98. The van der Waals surface area contributed by atoms with Gasteiger partial charge in [-0.2, -0.15) is 5.26 Å². The molecule has 1 aliphatic rings. The summed E-state index contributed by atoms with van der Waals surface area (Å²) in [4.78, 5) is 18.6. The fourth-order valence-corrected chi connectivity index (χ4v) is 3.81. The molecule has 1 aromatic heterocycles. The van der Waals surface area contributed by atoms with Gasteiger partial charge in [0.2, 0.25) is 5.91 Å². The molecule has 0 spiro atoms. The second kappa shape index (κ2) is 9.60. The molecule has 1 N–H and O–H groups in total. The number of amides is 1. The number of hydrogen-bond donors (Lipinski definition) is 1. The minimum atomic E-state index is -0.000124. The molecular weight excluding hydrogens is 360 g/mol. The molecule has 1 aromatic carbocycles. The zero-order valence-corrected chi connectivity index (χ0v) is 16.3. The van der Waals surface area contributed by atoms with E-state index in [4.69, 9.17) is 10.00 Å². The molecule has 142 valence electrons. The lowest BCUT2D eigenvalue weighted by Crippen LogP contribution is -2.40. The van der Waals surface area contributed by atoms with Crippen molar-refractivity contribution >= 4 is 22.4 Å². The highest BCUT2D eigenvalue weighted by Gasteiger charge is 2.21. The summed E-state index contributed by atoms with van der Waals surface area (Å²) in [5.41, 5.74) is 2.68. The highest BCUT2D eigenvalue weighted by molar-refractivity contribution is 7.13. The molecule has 1 saturated heterocycles. The summed E-state index contributed by atoms with van der Waals surface area (Å²) < 4.78 is 5.84. The number of carbonyl (C=O) groups is 1. The van der Waals surface area contributed by atoms with E-state index in [2.05, 4.69) is 21.3 Å². The number of anilines is 1. The van der Waals surface area contributed by atoms with Gasteiger partial charge in [-0.05, 0) is 56.5 Å². The van der Waals surface area contributed by atoms with E-state index in [9.17, 15) is 4.79 Å². The zero-order chi connectivity index (χ0) is 19.1. The summed E-state index contributed by atoms with van der Waals surface area (Å²) >= 11 is 1.46. The van der Waals surface area contributed by atoms with Gasteiger partial charge in [-0.1, -0.05) is 12.1 Å². The number of aryl methyl sites for hydroxylation is 1. The maximum Gasteiger partial charge on any atom is 0.240 e. The normalized spacial score (nSPS) is 15.4. The van der Waals surface area contributed by atoms with Crippen LogP contribution >= 0.6 is 11.3 Å². The molecule has 0 unspecified atom stereocenters. The number of piperidine rings is 1. The van der Waals surface area contributed by atoms with Crippen LogP contribution in [0.4, 0.5) is 5.13 Å². The Hall–Kier alpha value is -2.27. The Labute approximate surface area is 163 Å². The number of rotatable bonds is 7. The van der Waals surface area contributed by atoms with Crippen LogP contribution in [0.3, 0.4) is 0 Å². The molecule has 6 nitrogen and oxygen atoms in total. The van der Waals surface area contributed by atoms with Crippen LogP contribution in [0, 0.1) is 24.2 Å². The maximum absolute atomic E-state index is 12.1. The Balaban J connectivity index is 1.32. The zero-order valence-electron chi connectivity index (χ0n) is 15.5. The second-order valence-corrected chi connectivity index (χ2v) is 7.74. The number of thiazole rings is 1. The summed E-state index contributed by atoms with van der Waals surface area (Å²) in [6, 6.07) is 9.62. The predicted octanol–water partition coefficient (Wildman–Crippen LogP) is 3.19. The highest BCUT2D eigenvalue weighted by atomic mass is 32.1. The standard InChI is InChI=1S/C20H24N4O2S/c1-15-14-27-20(22-15)23-19(25)11-24-8-6-18(7-9-24)13-26-12-17-4-2-16(10-21)3-5-17/h2-5,14,18H,6-9,11-13H2,1H3,(H,22,23,25). The predicted molar refractivity (Wildman–Crippen MR) is 105 cm³/mol. The van der Waals surface area contributed by atoms with E-state index in [1.807, 2.05) is 36.6 Å². The van der Waals surface area contributed by atoms with E-state index in [-0.39, 0.29) is 5.91 Å². The highest BCUT2D eigenvalue weighted by Crippen LogP contribution is 2.19. The smallest absolute Gasteiger partial charge is 0.240 e. The molecule has 1 aliphatic heterocycles. The summed E-state index contributed by atoms with van der Waals surface area (Å²) in [5, 5.41) is 14.3. The molecular formula is C20H24N4O2S. The molecule has 3 rings (SSSR count). The van der Waals surface area contributed by atoms with Crippen molar-refractivity contribution in [2.75, 3.05) is 31.6 Å². The number of aromatic nitrogens is 1. The van der Waals surface area contributed by atoms with Crippen molar-refractivity contribution in [2.24, 2.45) is 5.92 Å². The van der Waals surface area contributed by atoms with Gasteiger partial charge < -0.3 is 10.1 Å². The van der Waals surface area contributed by atoms with Gasteiger partial charge in [0, 0.05) is 12.0 Å². The van der Waals surface area contributed by atoms with Crippen LogP contribution in [-0.4, -0.2) is 42.0 Å². The van der Waals surface area contributed by atoms with Crippen molar-refractivity contribution in [3.05, 3.63) is 46.5 Å². The first kappa shape index (κ1) is 19.5. The molecule has 7 heteroatoms. The molecule has 0 saturated carbocycles. The summed E-state index contributed by atoms with van der Waals surface area (Å²) in [6.45, 7) is 5.46. The van der Waals surface area contributed by atoms with Gasteiger partial charge in [0.1, 0.15) is 0 Å². The average molecular weight is 385 g/mol. The third-order valence-electron chi connectivity index (χ3n) is 4.65. The SMILES string of the molecule is Cc1csc(NC(=O)CN2CCC(COCc3ccc(C#N)cc3)CC2)n1. The fraction of sp³-hybridized carbons (Fsp3) is 0.450. The maximum atomic E-state index is 12.1. The van der Waals surface area contributed by atoms with Crippen LogP contribution in [-0.2, 0) is 16.1 Å². The van der Waals surface area contributed by atoms with Crippen LogP contribution in [0.5, 0.6) is 0 Å². The van der Waals surface area contributed by atoms with E-state index >= 15 is 0 Å². The average Bonchev–Trinajstić information content (AvgIpc) is 3.08. The number of carbonyl (C=O) groups excluding carboxylic acids is 1. The van der Waals surface area contributed by atoms with Gasteiger partial charge >= 0.3 is 0 Å². The fourth-order valence-electron chi connectivity index (χ4n) is 3.10. The van der Waals surface area contributed by atoms with Crippen molar-refractivity contribution in [3.8, 4) is 6.07 Å². The Morgan fingerprint density at radius 3 is 2.74 bits per heavy atom. The van der Waals surface area contributed by atoms with Gasteiger partial charge in [-0.3, -0.25) is 9.69 Å². The largest absolute Gasteiger partial charge is 0.376 e. The number of nitrogens with zero attached hydrogens (tertiary/aromatic N) is 3. The number of benzene rings is 1.